The van der Waals surface area contributed by atoms with Crippen LogP contribution >= 0.6 is 0 Å². The molecule has 0 unspecified atom stereocenters. The molecule has 1 heterocycles. The van der Waals surface area contributed by atoms with Crippen molar-refractivity contribution in [1.29, 1.82) is 0 Å². The fourth-order valence-electron chi connectivity index (χ4n) is 3.47. The number of nitrogens with one attached hydrogen (secondary N) is 1. The van der Waals surface area contributed by atoms with Crippen LogP contribution in [0.15, 0.2) is 67.0 Å². The number of imidazole rings is 1. The number of H-pyrrole nitrogens is 1. The molecule has 2 aromatic carbocycles. The van der Waals surface area contributed by atoms with E-state index in [1.54, 1.807) is 12.4 Å². The number of aromatic amines is 1. The fraction of sp³-hybridized carbons (Fsp3) is 0.273. The van der Waals surface area contributed by atoms with E-state index in [0.717, 1.165) is 23.5 Å². The molecule has 1 N–H and O–H groups in total. The monoisotopic (exact) mass is 345 g/mol. The molecule has 4 nitrogen and oxygen atoms in total. The zero-order valence-electron chi connectivity index (χ0n) is 14.8. The number of hydrogen-bond donors (Lipinski definition) is 1. The highest BCUT2D eigenvalue weighted by Gasteiger charge is 2.26. The number of hydrogen-bond acceptors (Lipinski definition) is 2. The number of carbonyl (C=O) groups is 1. The molecule has 0 radical (unpaired) electrons. The summed E-state index contributed by atoms with van der Waals surface area (Å²) in [6.45, 7) is 1.46. The van der Waals surface area contributed by atoms with E-state index in [-0.39, 0.29) is 5.91 Å². The van der Waals surface area contributed by atoms with Gasteiger partial charge in [-0.15, -0.1) is 0 Å². The quantitative estimate of drug-likeness (QED) is 0.714. The van der Waals surface area contributed by atoms with Gasteiger partial charge in [0.05, 0.1) is 5.56 Å². The Morgan fingerprint density at radius 3 is 2.54 bits per heavy atom. The molecule has 0 saturated heterocycles. The number of amides is 1. The van der Waals surface area contributed by atoms with Crippen LogP contribution in [0.1, 0.15) is 35.2 Å². The largest absolute Gasteiger partial charge is 0.345 e. The summed E-state index contributed by atoms with van der Waals surface area (Å²) in [6.07, 6.45) is 7.22. The van der Waals surface area contributed by atoms with Crippen molar-refractivity contribution < 1.29 is 4.79 Å². The van der Waals surface area contributed by atoms with Crippen LogP contribution < -0.4 is 0 Å². The van der Waals surface area contributed by atoms with Gasteiger partial charge in [0.2, 0.25) is 0 Å². The number of benzene rings is 2. The van der Waals surface area contributed by atoms with Crippen LogP contribution in [0.2, 0.25) is 0 Å². The van der Waals surface area contributed by atoms with Crippen LogP contribution in [-0.2, 0) is 6.54 Å². The lowest BCUT2D eigenvalue weighted by molar-refractivity contribution is 0.0680. The second-order valence-corrected chi connectivity index (χ2v) is 6.95. The van der Waals surface area contributed by atoms with Crippen LogP contribution in [0, 0.1) is 5.92 Å². The minimum absolute atomic E-state index is 0.0766. The Morgan fingerprint density at radius 2 is 1.85 bits per heavy atom. The zero-order valence-corrected chi connectivity index (χ0v) is 14.8. The summed E-state index contributed by atoms with van der Waals surface area (Å²) < 4.78 is 0. The van der Waals surface area contributed by atoms with E-state index >= 15 is 0 Å². The van der Waals surface area contributed by atoms with E-state index in [1.165, 1.54) is 19.3 Å². The van der Waals surface area contributed by atoms with Crippen LogP contribution in [-0.4, -0.2) is 27.3 Å². The van der Waals surface area contributed by atoms with Gasteiger partial charge in [0.25, 0.3) is 5.91 Å². The Bertz CT molecular complexity index is 854. The summed E-state index contributed by atoms with van der Waals surface area (Å²) >= 11 is 0. The summed E-state index contributed by atoms with van der Waals surface area (Å²) in [7, 11) is 0. The number of rotatable bonds is 6. The average Bonchev–Trinajstić information content (AvgIpc) is 3.18. The molecular weight excluding hydrogens is 322 g/mol. The number of carbonyl (C=O) groups excluding carboxylic acids is 1. The summed E-state index contributed by atoms with van der Waals surface area (Å²) in [5, 5.41) is 0. The lowest BCUT2D eigenvalue weighted by Gasteiger charge is -2.33. The molecule has 1 aliphatic rings. The van der Waals surface area contributed by atoms with Gasteiger partial charge in [-0.25, -0.2) is 4.98 Å². The first kappa shape index (κ1) is 16.6. The summed E-state index contributed by atoms with van der Waals surface area (Å²) in [6, 6.07) is 17.9. The topological polar surface area (TPSA) is 49.0 Å². The van der Waals surface area contributed by atoms with Gasteiger partial charge in [-0.3, -0.25) is 4.79 Å². The minimum Gasteiger partial charge on any atom is -0.345 e. The molecule has 0 atom stereocenters. The van der Waals surface area contributed by atoms with Crippen molar-refractivity contribution in [1.82, 2.24) is 14.9 Å². The fourth-order valence-corrected chi connectivity index (χ4v) is 3.47. The average molecular weight is 345 g/mol. The highest BCUT2D eigenvalue weighted by Crippen LogP contribution is 2.29. The van der Waals surface area contributed by atoms with Crippen LogP contribution in [0.3, 0.4) is 0 Å². The number of nitrogens with zero attached hydrogens (tertiary/aromatic N) is 2. The van der Waals surface area contributed by atoms with Crippen molar-refractivity contribution in [2.45, 2.75) is 25.8 Å². The van der Waals surface area contributed by atoms with Crippen molar-refractivity contribution in [3.05, 3.63) is 78.1 Å². The Labute approximate surface area is 153 Å². The van der Waals surface area contributed by atoms with Gasteiger partial charge in [-0.2, -0.15) is 0 Å². The van der Waals surface area contributed by atoms with Crippen LogP contribution in [0.4, 0.5) is 0 Å². The minimum atomic E-state index is 0.0766. The van der Waals surface area contributed by atoms with Gasteiger partial charge in [0.15, 0.2) is 0 Å². The van der Waals surface area contributed by atoms with Crippen LogP contribution in [0.5, 0.6) is 0 Å². The van der Waals surface area contributed by atoms with Crippen molar-refractivity contribution >= 4 is 5.91 Å². The second-order valence-electron chi connectivity index (χ2n) is 6.95. The lowest BCUT2D eigenvalue weighted by Crippen LogP contribution is -2.37. The third-order valence-corrected chi connectivity index (χ3v) is 5.12. The highest BCUT2D eigenvalue weighted by atomic mass is 16.2. The molecule has 1 amide bonds. The normalized spacial score (nSPS) is 14.0. The van der Waals surface area contributed by atoms with Gasteiger partial charge >= 0.3 is 0 Å². The van der Waals surface area contributed by atoms with Gasteiger partial charge in [0.1, 0.15) is 5.82 Å². The first-order valence-electron chi connectivity index (χ1n) is 9.23. The molecule has 0 spiro atoms. The van der Waals surface area contributed by atoms with E-state index in [2.05, 4.69) is 22.1 Å². The molecule has 0 bridgehead atoms. The third kappa shape index (κ3) is 3.54. The van der Waals surface area contributed by atoms with E-state index in [9.17, 15) is 4.79 Å². The molecule has 1 saturated carbocycles. The Morgan fingerprint density at radius 1 is 1.08 bits per heavy atom. The van der Waals surface area contributed by atoms with E-state index in [0.29, 0.717) is 18.0 Å². The van der Waals surface area contributed by atoms with E-state index in [4.69, 9.17) is 0 Å². The SMILES string of the molecule is O=C(c1ccccc1-c1ncc[nH]1)N(Cc1ccccc1)CC1CCC1. The molecule has 132 valence electrons. The van der Waals surface area contributed by atoms with Crippen molar-refractivity contribution in [2.75, 3.05) is 6.54 Å². The van der Waals surface area contributed by atoms with Crippen LogP contribution in [0.25, 0.3) is 11.4 Å². The standard InChI is InChI=1S/C22H23N3O/c26-22(20-12-5-4-11-19(20)21-23-13-14-24-21)25(16-18-9-6-10-18)15-17-7-2-1-3-8-17/h1-5,7-8,11-14,18H,6,9-10,15-16H2,(H,23,24). The summed E-state index contributed by atoms with van der Waals surface area (Å²) in [5.41, 5.74) is 2.72. The Hall–Kier alpha value is -2.88. The Balaban J connectivity index is 1.64. The van der Waals surface area contributed by atoms with E-state index in [1.807, 2.05) is 47.4 Å². The maximum absolute atomic E-state index is 13.4. The first-order chi connectivity index (χ1) is 12.8. The summed E-state index contributed by atoms with van der Waals surface area (Å²) in [4.78, 5) is 22.9. The van der Waals surface area contributed by atoms with Gasteiger partial charge < -0.3 is 9.88 Å². The van der Waals surface area contributed by atoms with Crippen molar-refractivity contribution in [3.63, 3.8) is 0 Å². The van der Waals surface area contributed by atoms with Gasteiger partial charge in [0, 0.05) is 31.0 Å². The molecule has 1 fully saturated rings. The first-order valence-corrected chi connectivity index (χ1v) is 9.23. The molecular formula is C22H23N3O. The lowest BCUT2D eigenvalue weighted by atomic mass is 9.85. The molecule has 0 aliphatic heterocycles. The van der Waals surface area contributed by atoms with Gasteiger partial charge in [-0.05, 0) is 30.4 Å². The smallest absolute Gasteiger partial charge is 0.254 e. The predicted molar refractivity (Wildman–Crippen MR) is 103 cm³/mol. The number of aromatic nitrogens is 2. The molecule has 26 heavy (non-hydrogen) atoms. The van der Waals surface area contributed by atoms with Gasteiger partial charge in [-0.1, -0.05) is 55.0 Å². The molecule has 1 aliphatic carbocycles. The Kier molecular flexibility index (Phi) is 4.82. The predicted octanol–water partition coefficient (Wildman–Crippen LogP) is 4.52. The maximum Gasteiger partial charge on any atom is 0.254 e. The molecule has 1 aromatic heterocycles. The van der Waals surface area contributed by atoms with E-state index < -0.39 is 0 Å². The maximum atomic E-state index is 13.4. The molecule has 4 heteroatoms. The summed E-state index contributed by atoms with van der Waals surface area (Å²) in [5.74, 6) is 1.43. The molecule has 3 aromatic rings. The second kappa shape index (κ2) is 7.56. The zero-order chi connectivity index (χ0) is 17.8. The van der Waals surface area contributed by atoms with Crippen molar-refractivity contribution in [3.8, 4) is 11.4 Å². The highest BCUT2D eigenvalue weighted by molar-refractivity contribution is 6.00. The third-order valence-electron chi connectivity index (χ3n) is 5.12. The molecule has 4 rings (SSSR count). The van der Waals surface area contributed by atoms with Crippen molar-refractivity contribution in [2.24, 2.45) is 5.92 Å².